The summed E-state index contributed by atoms with van der Waals surface area (Å²) in [7, 11) is 0. The Balaban J connectivity index is 3.18. The number of halogens is 1. The number of carbonyl (C=O) groups is 1. The molecule has 0 saturated carbocycles. The molecule has 1 rings (SSSR count). The van der Waals surface area contributed by atoms with Crippen molar-refractivity contribution in [3.05, 3.63) is 27.7 Å². The molecule has 5 heteroatoms. The molecule has 0 aliphatic carbocycles. The number of carboxylic acids is 1. The molecule has 0 aliphatic heterocycles. The van der Waals surface area contributed by atoms with E-state index in [0.717, 1.165) is 5.56 Å². The maximum atomic E-state index is 10.7. The number of nitrogens with two attached hydrogens (primary N) is 1. The summed E-state index contributed by atoms with van der Waals surface area (Å²) in [5, 5.41) is 18.7. The van der Waals surface area contributed by atoms with Crippen LogP contribution in [0.2, 0.25) is 0 Å². The summed E-state index contributed by atoms with van der Waals surface area (Å²) in [6.45, 7) is 2.02. The molecular weight excluding hydrogens is 274 g/mol. The minimum absolute atomic E-state index is 0.0803. The molecule has 16 heavy (non-hydrogen) atoms. The smallest absolute Gasteiger partial charge is 0.304 e. The maximum Gasteiger partial charge on any atom is 0.304 e. The molecule has 1 atom stereocenters. The van der Waals surface area contributed by atoms with Crippen LogP contribution >= 0.6 is 15.9 Å². The van der Waals surface area contributed by atoms with E-state index in [1.807, 2.05) is 13.0 Å². The zero-order valence-corrected chi connectivity index (χ0v) is 10.5. The van der Waals surface area contributed by atoms with Crippen LogP contribution in [-0.4, -0.2) is 22.7 Å². The van der Waals surface area contributed by atoms with Gasteiger partial charge in [0.25, 0.3) is 0 Å². The van der Waals surface area contributed by atoms with Gasteiger partial charge in [-0.3, -0.25) is 4.79 Å². The molecule has 0 aromatic heterocycles. The highest BCUT2D eigenvalue weighted by Crippen LogP contribution is 2.36. The third-order valence-electron chi connectivity index (χ3n) is 2.50. The molecule has 0 saturated heterocycles. The zero-order chi connectivity index (χ0) is 12.3. The van der Waals surface area contributed by atoms with E-state index >= 15 is 0 Å². The van der Waals surface area contributed by atoms with Gasteiger partial charge in [0.15, 0.2) is 0 Å². The number of phenolic OH excluding ortho intramolecular Hbond substituents is 1. The van der Waals surface area contributed by atoms with Gasteiger partial charge in [0.2, 0.25) is 0 Å². The summed E-state index contributed by atoms with van der Waals surface area (Å²) in [5.74, 6) is -1.21. The number of carboxylic acid groups (broad SMARTS) is 1. The van der Waals surface area contributed by atoms with E-state index in [9.17, 15) is 9.90 Å². The Morgan fingerprint density at radius 3 is 2.69 bits per heavy atom. The number of benzene rings is 1. The van der Waals surface area contributed by atoms with Crippen LogP contribution in [0.5, 0.6) is 5.75 Å². The first-order valence-electron chi connectivity index (χ1n) is 4.87. The number of phenols is 1. The predicted molar refractivity (Wildman–Crippen MR) is 64.6 cm³/mol. The molecule has 1 aromatic carbocycles. The summed E-state index contributed by atoms with van der Waals surface area (Å²) in [6.07, 6.45) is -0.0820. The third kappa shape index (κ3) is 2.74. The van der Waals surface area contributed by atoms with E-state index in [1.165, 1.54) is 0 Å². The molecule has 0 aliphatic rings. The minimum Gasteiger partial charge on any atom is -0.506 e. The monoisotopic (exact) mass is 287 g/mol. The van der Waals surface area contributed by atoms with Crippen LogP contribution in [-0.2, 0) is 4.79 Å². The normalized spacial score (nSPS) is 12.4. The molecule has 4 N–H and O–H groups in total. The van der Waals surface area contributed by atoms with E-state index in [-0.39, 0.29) is 24.6 Å². The molecular formula is C11H14BrNO3. The summed E-state index contributed by atoms with van der Waals surface area (Å²) < 4.78 is 0.553. The van der Waals surface area contributed by atoms with E-state index in [2.05, 4.69) is 15.9 Å². The molecule has 4 nitrogen and oxygen atoms in total. The number of aliphatic carboxylic acids is 1. The number of rotatable bonds is 4. The molecule has 0 radical (unpaired) electrons. The summed E-state index contributed by atoms with van der Waals surface area (Å²) in [4.78, 5) is 10.7. The molecule has 0 bridgehead atoms. The average Bonchev–Trinajstić information content (AvgIpc) is 2.22. The van der Waals surface area contributed by atoms with Crippen LogP contribution in [0.4, 0.5) is 0 Å². The molecule has 0 heterocycles. The van der Waals surface area contributed by atoms with Gasteiger partial charge >= 0.3 is 5.97 Å². The second-order valence-electron chi connectivity index (χ2n) is 3.66. The molecule has 88 valence electrons. The van der Waals surface area contributed by atoms with Crippen LogP contribution < -0.4 is 5.73 Å². The Morgan fingerprint density at radius 1 is 1.56 bits per heavy atom. The van der Waals surface area contributed by atoms with Crippen molar-refractivity contribution in [2.75, 3.05) is 6.54 Å². The van der Waals surface area contributed by atoms with E-state index in [1.54, 1.807) is 6.07 Å². The van der Waals surface area contributed by atoms with Gasteiger partial charge in [0.05, 0.1) is 10.9 Å². The van der Waals surface area contributed by atoms with Crippen molar-refractivity contribution < 1.29 is 15.0 Å². The van der Waals surface area contributed by atoms with Gasteiger partial charge in [-0.2, -0.15) is 0 Å². The SMILES string of the molecule is Cc1ccc(Br)c(O)c1C(CN)CC(=O)O. The van der Waals surface area contributed by atoms with Crippen LogP contribution in [0.3, 0.4) is 0 Å². The predicted octanol–water partition coefficient (Wildman–Crippen LogP) is 1.98. The third-order valence-corrected chi connectivity index (χ3v) is 3.14. The Bertz CT molecular complexity index is 406. The van der Waals surface area contributed by atoms with E-state index in [4.69, 9.17) is 10.8 Å². The van der Waals surface area contributed by atoms with Crippen molar-refractivity contribution in [2.45, 2.75) is 19.3 Å². The number of aromatic hydroxyl groups is 1. The van der Waals surface area contributed by atoms with Gasteiger partial charge in [0.1, 0.15) is 5.75 Å². The Kier molecular flexibility index (Phi) is 4.32. The first-order valence-corrected chi connectivity index (χ1v) is 5.66. The number of hydrogen-bond acceptors (Lipinski definition) is 3. The van der Waals surface area contributed by atoms with Crippen LogP contribution in [0.1, 0.15) is 23.5 Å². The van der Waals surface area contributed by atoms with Crippen molar-refractivity contribution in [1.29, 1.82) is 0 Å². The van der Waals surface area contributed by atoms with Gasteiger partial charge in [-0.05, 0) is 41.0 Å². The maximum absolute atomic E-state index is 10.7. The standard InChI is InChI=1S/C11H14BrNO3/c1-6-2-3-8(12)11(16)10(6)7(5-13)4-9(14)15/h2-3,7,16H,4-5,13H2,1H3,(H,14,15). The zero-order valence-electron chi connectivity index (χ0n) is 8.90. The topological polar surface area (TPSA) is 83.5 Å². The quantitative estimate of drug-likeness (QED) is 0.791. The molecule has 0 spiro atoms. The lowest BCUT2D eigenvalue weighted by atomic mass is 9.91. The summed E-state index contributed by atoms with van der Waals surface area (Å²) in [5.41, 5.74) is 7.01. The van der Waals surface area contributed by atoms with Gasteiger partial charge in [-0.25, -0.2) is 0 Å². The van der Waals surface area contributed by atoms with Crippen molar-refractivity contribution >= 4 is 21.9 Å². The Morgan fingerprint density at radius 2 is 2.19 bits per heavy atom. The molecule has 1 aromatic rings. The van der Waals surface area contributed by atoms with Gasteiger partial charge < -0.3 is 15.9 Å². The Hall–Kier alpha value is -1.07. The number of hydrogen-bond donors (Lipinski definition) is 3. The lowest BCUT2D eigenvalue weighted by Crippen LogP contribution is -2.17. The van der Waals surface area contributed by atoms with E-state index < -0.39 is 5.97 Å². The molecule has 1 unspecified atom stereocenters. The fourth-order valence-corrected chi connectivity index (χ4v) is 2.06. The number of aryl methyl sites for hydroxylation is 1. The van der Waals surface area contributed by atoms with Gasteiger partial charge in [-0.1, -0.05) is 6.07 Å². The van der Waals surface area contributed by atoms with Gasteiger partial charge in [-0.15, -0.1) is 0 Å². The van der Waals surface area contributed by atoms with Crippen LogP contribution in [0.15, 0.2) is 16.6 Å². The highest BCUT2D eigenvalue weighted by Gasteiger charge is 2.20. The highest BCUT2D eigenvalue weighted by molar-refractivity contribution is 9.10. The van der Waals surface area contributed by atoms with Crippen LogP contribution in [0.25, 0.3) is 0 Å². The molecule has 0 fully saturated rings. The first kappa shape index (κ1) is 13.0. The fourth-order valence-electron chi connectivity index (χ4n) is 1.71. The largest absolute Gasteiger partial charge is 0.506 e. The van der Waals surface area contributed by atoms with Crippen molar-refractivity contribution in [1.82, 2.24) is 0 Å². The second kappa shape index (κ2) is 5.32. The minimum atomic E-state index is -0.922. The lowest BCUT2D eigenvalue weighted by molar-refractivity contribution is -0.137. The first-order chi connectivity index (χ1) is 7.47. The van der Waals surface area contributed by atoms with Crippen LogP contribution in [0, 0.1) is 6.92 Å². The van der Waals surface area contributed by atoms with Crippen molar-refractivity contribution in [3.8, 4) is 5.75 Å². The van der Waals surface area contributed by atoms with E-state index in [0.29, 0.717) is 10.0 Å². The fraction of sp³-hybridized carbons (Fsp3) is 0.364. The van der Waals surface area contributed by atoms with Crippen molar-refractivity contribution in [3.63, 3.8) is 0 Å². The average molecular weight is 288 g/mol. The second-order valence-corrected chi connectivity index (χ2v) is 4.51. The summed E-state index contributed by atoms with van der Waals surface area (Å²) in [6, 6.07) is 3.55. The van der Waals surface area contributed by atoms with Crippen molar-refractivity contribution in [2.24, 2.45) is 5.73 Å². The summed E-state index contributed by atoms with van der Waals surface area (Å²) >= 11 is 3.21. The van der Waals surface area contributed by atoms with Gasteiger partial charge in [0, 0.05) is 11.5 Å². The highest BCUT2D eigenvalue weighted by atomic mass is 79.9. The lowest BCUT2D eigenvalue weighted by Gasteiger charge is -2.18. The Labute approximate surface area is 102 Å². The molecule has 0 amide bonds.